The van der Waals surface area contributed by atoms with Crippen LogP contribution < -0.4 is 15.0 Å². The number of carbonyl (C=O) groups is 1. The van der Waals surface area contributed by atoms with Gasteiger partial charge in [0.2, 0.25) is 0 Å². The number of amides is 1. The topological polar surface area (TPSA) is 84.5 Å². The first-order valence-electron chi connectivity index (χ1n) is 8.76. The molecule has 0 unspecified atom stereocenters. The van der Waals surface area contributed by atoms with Gasteiger partial charge in [0.1, 0.15) is 5.75 Å². The van der Waals surface area contributed by atoms with E-state index in [1.54, 1.807) is 25.1 Å². The quantitative estimate of drug-likeness (QED) is 0.711. The Hall–Kier alpha value is -2.38. The van der Waals surface area contributed by atoms with Crippen molar-refractivity contribution in [3.8, 4) is 5.75 Å². The van der Waals surface area contributed by atoms with E-state index >= 15 is 0 Å². The van der Waals surface area contributed by atoms with Crippen LogP contribution in [-0.4, -0.2) is 20.4 Å². The normalized spacial score (nSPS) is 12.7. The van der Waals surface area contributed by atoms with Gasteiger partial charge in [0.05, 0.1) is 4.90 Å². The molecule has 7 heteroatoms. The zero-order chi connectivity index (χ0) is 20.2. The smallest absolute Gasteiger partial charge is 0.275 e. The highest BCUT2D eigenvalue weighted by Gasteiger charge is 2.20. The Bertz CT molecular complexity index is 906. The van der Waals surface area contributed by atoms with Crippen LogP contribution in [0.4, 0.5) is 0 Å². The van der Waals surface area contributed by atoms with Gasteiger partial charge in [-0.3, -0.25) is 10.2 Å². The van der Waals surface area contributed by atoms with Crippen LogP contribution >= 0.6 is 0 Å². The van der Waals surface area contributed by atoms with E-state index in [-0.39, 0.29) is 4.90 Å². The van der Waals surface area contributed by atoms with Crippen molar-refractivity contribution in [1.29, 1.82) is 0 Å². The van der Waals surface area contributed by atoms with Gasteiger partial charge in [-0.2, -0.15) is 0 Å². The Labute approximate surface area is 161 Å². The first-order chi connectivity index (χ1) is 12.6. The zero-order valence-electron chi connectivity index (χ0n) is 16.2. The van der Waals surface area contributed by atoms with Gasteiger partial charge in [0.15, 0.2) is 6.10 Å². The predicted octanol–water partition coefficient (Wildman–Crippen LogP) is 3.20. The van der Waals surface area contributed by atoms with Gasteiger partial charge in [0.25, 0.3) is 15.9 Å². The fraction of sp³-hybridized carbons (Fsp3) is 0.350. The minimum absolute atomic E-state index is 0.0790. The van der Waals surface area contributed by atoms with Crippen LogP contribution in [0.3, 0.4) is 0 Å². The molecule has 0 bridgehead atoms. The van der Waals surface area contributed by atoms with E-state index in [4.69, 9.17) is 4.74 Å². The van der Waals surface area contributed by atoms with Crippen molar-refractivity contribution in [3.05, 3.63) is 59.2 Å². The third kappa shape index (κ3) is 5.30. The summed E-state index contributed by atoms with van der Waals surface area (Å²) < 4.78 is 30.3. The van der Waals surface area contributed by atoms with Crippen LogP contribution in [-0.2, 0) is 14.8 Å². The molecule has 0 radical (unpaired) electrons. The summed E-state index contributed by atoms with van der Waals surface area (Å²) in [5, 5.41) is 0. The van der Waals surface area contributed by atoms with Gasteiger partial charge in [-0.25, -0.2) is 8.42 Å². The second-order valence-corrected chi connectivity index (χ2v) is 8.46. The van der Waals surface area contributed by atoms with Gasteiger partial charge in [-0.1, -0.05) is 38.1 Å². The molecule has 6 nitrogen and oxygen atoms in total. The van der Waals surface area contributed by atoms with E-state index in [2.05, 4.69) is 10.3 Å². The molecule has 0 heterocycles. The maximum Gasteiger partial charge on any atom is 0.275 e. The second-order valence-electron chi connectivity index (χ2n) is 6.78. The van der Waals surface area contributed by atoms with E-state index < -0.39 is 22.0 Å². The van der Waals surface area contributed by atoms with E-state index in [0.717, 1.165) is 16.7 Å². The van der Waals surface area contributed by atoms with E-state index in [0.29, 0.717) is 11.7 Å². The molecule has 146 valence electrons. The number of hydrazine groups is 1. The Morgan fingerprint density at radius 2 is 1.63 bits per heavy atom. The molecule has 0 saturated heterocycles. The van der Waals surface area contributed by atoms with Crippen LogP contribution in [0, 0.1) is 13.8 Å². The molecule has 0 aromatic heterocycles. The van der Waals surface area contributed by atoms with Gasteiger partial charge < -0.3 is 4.74 Å². The minimum Gasteiger partial charge on any atom is -0.481 e. The molecule has 0 aliphatic carbocycles. The maximum absolute atomic E-state index is 12.3. The molecule has 0 saturated carbocycles. The van der Waals surface area contributed by atoms with Crippen LogP contribution in [0.25, 0.3) is 0 Å². The van der Waals surface area contributed by atoms with E-state index in [9.17, 15) is 13.2 Å². The highest BCUT2D eigenvalue weighted by atomic mass is 32.2. The molecule has 2 N–H and O–H groups in total. The summed E-state index contributed by atoms with van der Waals surface area (Å²) in [7, 11) is -3.86. The molecule has 27 heavy (non-hydrogen) atoms. The van der Waals surface area contributed by atoms with Crippen molar-refractivity contribution in [3.63, 3.8) is 0 Å². The Kier molecular flexibility index (Phi) is 6.62. The molecule has 0 fully saturated rings. The van der Waals surface area contributed by atoms with Crippen LogP contribution in [0.2, 0.25) is 0 Å². The summed E-state index contributed by atoms with van der Waals surface area (Å²) >= 11 is 0. The lowest BCUT2D eigenvalue weighted by atomic mass is 10.0. The lowest BCUT2D eigenvalue weighted by molar-refractivity contribution is -0.127. The van der Waals surface area contributed by atoms with Crippen molar-refractivity contribution in [2.24, 2.45) is 0 Å². The fourth-order valence-corrected chi connectivity index (χ4v) is 3.25. The summed E-state index contributed by atoms with van der Waals surface area (Å²) in [6.07, 6.45) is -0.864. The second kappa shape index (κ2) is 8.54. The molecule has 2 aromatic carbocycles. The molecule has 2 rings (SSSR count). The number of hydrogen-bond acceptors (Lipinski definition) is 4. The number of benzene rings is 2. The molecule has 0 spiro atoms. The summed E-state index contributed by atoms with van der Waals surface area (Å²) in [6, 6.07) is 12.1. The third-order valence-corrected chi connectivity index (χ3v) is 5.66. The van der Waals surface area contributed by atoms with Crippen molar-refractivity contribution in [2.45, 2.75) is 51.5 Å². The number of hydrogen-bond donors (Lipinski definition) is 2. The number of aryl methyl sites for hydroxylation is 1. The summed E-state index contributed by atoms with van der Waals surface area (Å²) in [4.78, 5) is 14.4. The largest absolute Gasteiger partial charge is 0.481 e. The fourth-order valence-electron chi connectivity index (χ4n) is 2.41. The lowest BCUT2D eigenvalue weighted by Crippen LogP contribution is -2.47. The predicted molar refractivity (Wildman–Crippen MR) is 105 cm³/mol. The first kappa shape index (κ1) is 20.9. The zero-order valence-corrected chi connectivity index (χ0v) is 17.1. The number of ether oxygens (including phenoxy) is 1. The molecule has 2 aromatic rings. The van der Waals surface area contributed by atoms with E-state index in [1.165, 1.54) is 12.1 Å². The van der Waals surface area contributed by atoms with Gasteiger partial charge in [-0.05, 0) is 61.6 Å². The van der Waals surface area contributed by atoms with Gasteiger partial charge >= 0.3 is 0 Å². The number of nitrogens with one attached hydrogen (secondary N) is 2. The SMILES string of the molecule is Cc1cccc(O[C@H](C)C(=O)NNS(=O)(=O)c2ccc(C(C)C)cc2)c1C. The molecular formula is C20H26N2O4S. The lowest BCUT2D eigenvalue weighted by Gasteiger charge is -2.17. The summed E-state index contributed by atoms with van der Waals surface area (Å²) in [6.45, 7) is 9.46. The van der Waals surface area contributed by atoms with Crippen LogP contribution in [0.15, 0.2) is 47.4 Å². The molecule has 1 atom stereocenters. The average Bonchev–Trinajstić information content (AvgIpc) is 2.63. The standard InChI is InChI=1S/C20H26N2O4S/c1-13(2)17-9-11-18(12-10-17)27(24,25)22-21-20(23)16(5)26-19-8-6-7-14(3)15(19)4/h6-13,16,22H,1-5H3,(H,21,23)/t16-/m1/s1. The van der Waals surface area contributed by atoms with E-state index in [1.807, 2.05) is 39.8 Å². The number of rotatable bonds is 7. The highest BCUT2D eigenvalue weighted by Crippen LogP contribution is 2.21. The highest BCUT2D eigenvalue weighted by molar-refractivity contribution is 7.89. The van der Waals surface area contributed by atoms with Crippen LogP contribution in [0.1, 0.15) is 43.4 Å². The number of sulfonamides is 1. The molecule has 0 aliphatic rings. The number of carbonyl (C=O) groups excluding carboxylic acids is 1. The Morgan fingerprint density at radius 1 is 1.00 bits per heavy atom. The Morgan fingerprint density at radius 3 is 2.22 bits per heavy atom. The molecular weight excluding hydrogens is 364 g/mol. The third-order valence-electron chi connectivity index (χ3n) is 4.39. The van der Waals surface area contributed by atoms with Crippen molar-refractivity contribution in [1.82, 2.24) is 10.3 Å². The molecule has 1 amide bonds. The monoisotopic (exact) mass is 390 g/mol. The van der Waals surface area contributed by atoms with Crippen molar-refractivity contribution < 1.29 is 17.9 Å². The molecule has 0 aliphatic heterocycles. The van der Waals surface area contributed by atoms with Crippen molar-refractivity contribution >= 4 is 15.9 Å². The van der Waals surface area contributed by atoms with Crippen LogP contribution in [0.5, 0.6) is 5.75 Å². The maximum atomic E-state index is 12.3. The first-order valence-corrected chi connectivity index (χ1v) is 10.2. The van der Waals surface area contributed by atoms with Gasteiger partial charge in [-0.15, -0.1) is 4.83 Å². The van der Waals surface area contributed by atoms with Crippen molar-refractivity contribution in [2.75, 3.05) is 0 Å². The summed E-state index contributed by atoms with van der Waals surface area (Å²) in [5.74, 6) is 0.306. The summed E-state index contributed by atoms with van der Waals surface area (Å²) in [5.41, 5.74) is 5.23. The van der Waals surface area contributed by atoms with Gasteiger partial charge in [0, 0.05) is 0 Å². The average molecular weight is 391 g/mol. The Balaban J connectivity index is 1.99. The minimum atomic E-state index is -3.86.